The Morgan fingerprint density at radius 3 is 2.46 bits per heavy atom. The van der Waals surface area contributed by atoms with E-state index < -0.39 is 17.5 Å². The molecule has 3 aromatic carbocycles. The topological polar surface area (TPSA) is 39.1 Å². The van der Waals surface area contributed by atoms with E-state index >= 15 is 0 Å². The molecule has 0 radical (unpaired) electrons. The lowest BCUT2D eigenvalue weighted by Crippen LogP contribution is -2.33. The highest BCUT2D eigenvalue weighted by Gasteiger charge is 2.21. The fourth-order valence-electron chi connectivity index (χ4n) is 2.87. The first-order valence-electron chi connectivity index (χ1n) is 8.16. The molecule has 0 atom stereocenters. The van der Waals surface area contributed by atoms with E-state index in [1.807, 2.05) is 25.1 Å². The van der Waals surface area contributed by atoms with Gasteiger partial charge in [-0.1, -0.05) is 31.2 Å². The molecule has 0 saturated heterocycles. The molecule has 0 aromatic heterocycles. The number of fused-ring (bicyclic) bond motifs is 1. The lowest BCUT2D eigenvalue weighted by atomic mass is 10.1. The Hall–Kier alpha value is -3.02. The van der Waals surface area contributed by atoms with Crippen molar-refractivity contribution < 1.29 is 13.2 Å². The van der Waals surface area contributed by atoms with Crippen molar-refractivity contribution in [1.82, 2.24) is 0 Å². The maximum absolute atomic E-state index is 14.5. The molecule has 134 valence electrons. The number of halogens is 3. The van der Waals surface area contributed by atoms with Gasteiger partial charge in [-0.05, 0) is 30.2 Å². The number of aryl methyl sites for hydroxylation is 1. The lowest BCUT2D eigenvalue weighted by molar-refractivity contribution is 0.588. The first-order valence-corrected chi connectivity index (χ1v) is 8.16. The molecule has 3 nitrogen and oxygen atoms in total. The van der Waals surface area contributed by atoms with Crippen molar-refractivity contribution in [3.05, 3.63) is 71.5 Å². The van der Waals surface area contributed by atoms with E-state index in [0.29, 0.717) is 11.8 Å². The van der Waals surface area contributed by atoms with Crippen molar-refractivity contribution in [2.45, 2.75) is 13.3 Å². The summed E-state index contributed by atoms with van der Waals surface area (Å²) in [4.78, 5) is 1.17. The maximum Gasteiger partial charge on any atom is 0.199 e. The van der Waals surface area contributed by atoms with Crippen LogP contribution in [0, 0.1) is 22.9 Å². The van der Waals surface area contributed by atoms with Crippen molar-refractivity contribution in [1.29, 1.82) is 5.41 Å². The van der Waals surface area contributed by atoms with E-state index in [1.54, 1.807) is 6.07 Å². The number of nitrogens with one attached hydrogen (secondary N) is 2. The van der Waals surface area contributed by atoms with Gasteiger partial charge in [-0.25, -0.2) is 13.2 Å². The molecule has 0 saturated carbocycles. The number of rotatable bonds is 3. The molecular weight excluding hydrogens is 339 g/mol. The summed E-state index contributed by atoms with van der Waals surface area (Å²) in [5, 5.41) is 10.9. The Kier molecular flexibility index (Phi) is 4.84. The molecule has 0 unspecified atom stereocenters. The van der Waals surface area contributed by atoms with Crippen LogP contribution >= 0.6 is 0 Å². The highest BCUT2D eigenvalue weighted by molar-refractivity contribution is 6.09. The van der Waals surface area contributed by atoms with Gasteiger partial charge < -0.3 is 10.2 Å². The smallest absolute Gasteiger partial charge is 0.199 e. The van der Waals surface area contributed by atoms with Gasteiger partial charge in [0.25, 0.3) is 0 Å². The van der Waals surface area contributed by atoms with Gasteiger partial charge in [0.15, 0.2) is 11.8 Å². The molecule has 0 fully saturated rings. The molecule has 0 aliphatic rings. The summed E-state index contributed by atoms with van der Waals surface area (Å²) in [5.41, 5.74) is 1.55. The van der Waals surface area contributed by atoms with E-state index in [9.17, 15) is 13.2 Å². The zero-order chi connectivity index (χ0) is 18.8. The third-order valence-corrected chi connectivity index (χ3v) is 4.26. The second-order valence-corrected chi connectivity index (χ2v) is 5.94. The van der Waals surface area contributed by atoms with Gasteiger partial charge >= 0.3 is 0 Å². The number of benzene rings is 3. The molecule has 0 bridgehead atoms. The van der Waals surface area contributed by atoms with Crippen LogP contribution in [0.15, 0.2) is 48.5 Å². The molecule has 26 heavy (non-hydrogen) atoms. The van der Waals surface area contributed by atoms with Crippen molar-refractivity contribution in [3.63, 3.8) is 0 Å². The number of guanidine groups is 1. The van der Waals surface area contributed by atoms with Crippen LogP contribution in [0.3, 0.4) is 0 Å². The van der Waals surface area contributed by atoms with Crippen molar-refractivity contribution in [2.75, 3.05) is 17.3 Å². The van der Waals surface area contributed by atoms with Gasteiger partial charge in [-0.3, -0.25) is 5.41 Å². The van der Waals surface area contributed by atoms with Crippen LogP contribution in [0.2, 0.25) is 0 Å². The van der Waals surface area contributed by atoms with E-state index in [2.05, 4.69) is 5.32 Å². The Balaban J connectivity index is 2.01. The van der Waals surface area contributed by atoms with Crippen molar-refractivity contribution in [2.24, 2.45) is 0 Å². The molecule has 0 amide bonds. The van der Waals surface area contributed by atoms with Gasteiger partial charge in [0, 0.05) is 29.6 Å². The number of nitrogens with zero attached hydrogens (tertiary/aromatic N) is 1. The zero-order valence-corrected chi connectivity index (χ0v) is 14.4. The summed E-state index contributed by atoms with van der Waals surface area (Å²) in [6.07, 6.45) is 0.834. The van der Waals surface area contributed by atoms with Crippen LogP contribution < -0.4 is 10.2 Å². The Bertz CT molecular complexity index is 985. The van der Waals surface area contributed by atoms with E-state index in [0.717, 1.165) is 18.1 Å². The third kappa shape index (κ3) is 3.22. The summed E-state index contributed by atoms with van der Waals surface area (Å²) in [7, 11) is 1.43. The van der Waals surface area contributed by atoms with Crippen LogP contribution in [0.25, 0.3) is 10.8 Å². The fraction of sp³-hybridized carbons (Fsp3) is 0.150. The predicted octanol–water partition coefficient (Wildman–Crippen LogP) is 5.30. The van der Waals surface area contributed by atoms with Crippen LogP contribution in [-0.2, 0) is 6.42 Å². The minimum Gasteiger partial charge on any atom is -0.326 e. The lowest BCUT2D eigenvalue weighted by Gasteiger charge is -2.23. The van der Waals surface area contributed by atoms with Gasteiger partial charge in [-0.2, -0.15) is 0 Å². The molecule has 0 aliphatic heterocycles. The first kappa shape index (κ1) is 17.8. The summed E-state index contributed by atoms with van der Waals surface area (Å²) in [6.45, 7) is 2.01. The Morgan fingerprint density at radius 1 is 1.00 bits per heavy atom. The molecule has 3 aromatic rings. The Labute approximate surface area is 149 Å². The van der Waals surface area contributed by atoms with Gasteiger partial charge in [0.2, 0.25) is 0 Å². The minimum absolute atomic E-state index is 0.0333. The first-order chi connectivity index (χ1) is 12.4. The highest BCUT2D eigenvalue weighted by Crippen LogP contribution is 2.33. The van der Waals surface area contributed by atoms with E-state index in [1.165, 1.54) is 24.1 Å². The van der Waals surface area contributed by atoms with Gasteiger partial charge in [0.1, 0.15) is 11.6 Å². The number of anilines is 2. The zero-order valence-electron chi connectivity index (χ0n) is 14.4. The average Bonchev–Trinajstić information content (AvgIpc) is 2.62. The second kappa shape index (κ2) is 7.07. The van der Waals surface area contributed by atoms with Crippen LogP contribution in [0.4, 0.5) is 24.5 Å². The molecule has 0 heterocycles. The molecule has 2 N–H and O–H groups in total. The molecular formula is C20H18F3N3. The van der Waals surface area contributed by atoms with E-state index in [4.69, 9.17) is 5.41 Å². The van der Waals surface area contributed by atoms with Crippen LogP contribution in [-0.4, -0.2) is 13.0 Å². The van der Waals surface area contributed by atoms with E-state index in [-0.39, 0.29) is 22.4 Å². The normalized spacial score (nSPS) is 10.8. The quantitative estimate of drug-likeness (QED) is 0.493. The van der Waals surface area contributed by atoms with Crippen LogP contribution in [0.5, 0.6) is 0 Å². The maximum atomic E-state index is 14.5. The van der Waals surface area contributed by atoms with Gasteiger partial charge in [0.05, 0.1) is 5.69 Å². The summed E-state index contributed by atoms with van der Waals surface area (Å²) in [6, 6.07) is 12.1. The van der Waals surface area contributed by atoms with Gasteiger partial charge in [-0.15, -0.1) is 0 Å². The van der Waals surface area contributed by atoms with Crippen molar-refractivity contribution in [3.8, 4) is 0 Å². The highest BCUT2D eigenvalue weighted by atomic mass is 19.1. The van der Waals surface area contributed by atoms with Crippen molar-refractivity contribution >= 4 is 28.1 Å². The SMILES string of the molecule is CCc1cccc(NC(=N)N(C)c2c(F)cc(F)c3cccc(F)c23)c1. The standard InChI is InChI=1S/C20H18F3N3/c1-3-12-6-4-7-13(10-12)25-20(24)26(2)19-17(23)11-16(22)14-8-5-9-15(21)18(14)19/h4-11H,3H2,1-2H3,(H2,24,25). The molecule has 0 spiro atoms. The Morgan fingerprint density at radius 2 is 1.73 bits per heavy atom. The van der Waals surface area contributed by atoms with Crippen LogP contribution in [0.1, 0.15) is 12.5 Å². The predicted molar refractivity (Wildman–Crippen MR) is 99.4 cm³/mol. The minimum atomic E-state index is -0.934. The summed E-state index contributed by atoms with van der Waals surface area (Å²) in [5.74, 6) is -2.68. The third-order valence-electron chi connectivity index (χ3n) is 4.26. The second-order valence-electron chi connectivity index (χ2n) is 5.94. The monoisotopic (exact) mass is 357 g/mol. The average molecular weight is 357 g/mol. The molecule has 6 heteroatoms. The summed E-state index contributed by atoms with van der Waals surface area (Å²) < 4.78 is 42.8. The number of hydrogen-bond acceptors (Lipinski definition) is 1. The summed E-state index contributed by atoms with van der Waals surface area (Å²) >= 11 is 0. The molecule has 0 aliphatic carbocycles. The largest absolute Gasteiger partial charge is 0.326 e. The molecule has 3 rings (SSSR count). The fourth-order valence-corrected chi connectivity index (χ4v) is 2.87. The number of hydrogen-bond donors (Lipinski definition) is 2.